The molecular weight excluding hydrogens is 287 g/mol. The van der Waals surface area contributed by atoms with Gasteiger partial charge in [-0.3, -0.25) is 4.79 Å². The molecule has 0 spiro atoms. The van der Waals surface area contributed by atoms with E-state index in [0.717, 1.165) is 0 Å². The number of nitrogens with one attached hydrogen (secondary N) is 1. The minimum Gasteiger partial charge on any atom is -0.487 e. The second-order valence-corrected chi connectivity index (χ2v) is 4.75. The van der Waals surface area contributed by atoms with Crippen molar-refractivity contribution < 1.29 is 9.53 Å². The molecule has 2 atom stereocenters. The molecule has 0 aliphatic carbocycles. The third-order valence-corrected chi connectivity index (χ3v) is 2.57. The standard InChI is InChI=1S/C13H19ClN2O2.ClH/c1-9(15)7-13(17)16-8-10(2)18-12-6-4-3-5-11(12)14;/h3-6,9-10H,7-8,15H2,1-2H3,(H,16,17);1H. The minimum absolute atomic E-state index is 0. The third-order valence-electron chi connectivity index (χ3n) is 2.26. The van der Waals surface area contributed by atoms with Gasteiger partial charge in [-0.1, -0.05) is 23.7 Å². The number of carbonyl (C=O) groups is 1. The van der Waals surface area contributed by atoms with Gasteiger partial charge in [-0.05, 0) is 26.0 Å². The van der Waals surface area contributed by atoms with Gasteiger partial charge in [0.2, 0.25) is 5.91 Å². The molecule has 0 bridgehead atoms. The quantitative estimate of drug-likeness (QED) is 0.848. The Morgan fingerprint density at radius 2 is 2.05 bits per heavy atom. The average molecular weight is 307 g/mol. The molecular formula is C13H20Cl2N2O2. The van der Waals surface area contributed by atoms with Gasteiger partial charge in [0.15, 0.2) is 0 Å². The smallest absolute Gasteiger partial charge is 0.221 e. The maximum Gasteiger partial charge on any atom is 0.221 e. The van der Waals surface area contributed by atoms with Crippen molar-refractivity contribution in [2.45, 2.75) is 32.4 Å². The summed E-state index contributed by atoms with van der Waals surface area (Å²) in [5.41, 5.74) is 5.53. The van der Waals surface area contributed by atoms with E-state index >= 15 is 0 Å². The second kappa shape index (κ2) is 9.02. The van der Waals surface area contributed by atoms with Crippen molar-refractivity contribution in [3.05, 3.63) is 29.3 Å². The topological polar surface area (TPSA) is 64.4 Å². The molecule has 2 unspecified atom stereocenters. The highest BCUT2D eigenvalue weighted by Crippen LogP contribution is 2.23. The van der Waals surface area contributed by atoms with Crippen LogP contribution < -0.4 is 15.8 Å². The van der Waals surface area contributed by atoms with E-state index in [1.807, 2.05) is 19.1 Å². The average Bonchev–Trinajstić information content (AvgIpc) is 2.29. The zero-order valence-electron chi connectivity index (χ0n) is 11.1. The van der Waals surface area contributed by atoms with E-state index < -0.39 is 0 Å². The fraction of sp³-hybridized carbons (Fsp3) is 0.462. The van der Waals surface area contributed by atoms with Gasteiger partial charge in [0.25, 0.3) is 0 Å². The number of hydrogen-bond acceptors (Lipinski definition) is 3. The lowest BCUT2D eigenvalue weighted by atomic mass is 10.2. The Balaban J connectivity index is 0.00000324. The highest BCUT2D eigenvalue weighted by molar-refractivity contribution is 6.32. The third kappa shape index (κ3) is 7.25. The van der Waals surface area contributed by atoms with E-state index in [0.29, 0.717) is 23.7 Å². The number of benzene rings is 1. The van der Waals surface area contributed by atoms with Crippen LogP contribution in [0, 0.1) is 0 Å². The first-order chi connectivity index (χ1) is 8.49. The lowest BCUT2D eigenvalue weighted by Gasteiger charge is -2.16. The van der Waals surface area contributed by atoms with Crippen molar-refractivity contribution >= 4 is 29.9 Å². The molecule has 1 aromatic rings. The molecule has 4 nitrogen and oxygen atoms in total. The molecule has 0 aromatic heterocycles. The highest BCUT2D eigenvalue weighted by atomic mass is 35.5. The van der Waals surface area contributed by atoms with Crippen LogP contribution in [0.5, 0.6) is 5.75 Å². The Morgan fingerprint density at radius 3 is 2.63 bits per heavy atom. The van der Waals surface area contributed by atoms with Crippen molar-refractivity contribution in [2.75, 3.05) is 6.54 Å². The molecule has 0 saturated carbocycles. The molecule has 1 aromatic carbocycles. The van der Waals surface area contributed by atoms with Gasteiger partial charge in [0.05, 0.1) is 11.6 Å². The molecule has 0 aliphatic rings. The number of hydrogen-bond donors (Lipinski definition) is 2. The normalized spacial score (nSPS) is 13.1. The Labute approximate surface area is 125 Å². The first kappa shape index (κ1) is 18.0. The van der Waals surface area contributed by atoms with Crippen LogP contribution in [0.2, 0.25) is 5.02 Å². The number of halogens is 2. The van der Waals surface area contributed by atoms with Gasteiger partial charge >= 0.3 is 0 Å². The molecule has 1 rings (SSSR count). The van der Waals surface area contributed by atoms with Crippen molar-refractivity contribution in [2.24, 2.45) is 5.73 Å². The number of amides is 1. The van der Waals surface area contributed by atoms with Gasteiger partial charge < -0.3 is 15.8 Å². The molecule has 0 radical (unpaired) electrons. The van der Waals surface area contributed by atoms with E-state index in [1.165, 1.54) is 0 Å². The predicted molar refractivity (Wildman–Crippen MR) is 80.1 cm³/mol. The fourth-order valence-corrected chi connectivity index (χ4v) is 1.60. The lowest BCUT2D eigenvalue weighted by molar-refractivity contribution is -0.121. The van der Waals surface area contributed by atoms with E-state index in [1.54, 1.807) is 19.1 Å². The van der Waals surface area contributed by atoms with Crippen LogP contribution in [0.4, 0.5) is 0 Å². The Hall–Kier alpha value is -0.970. The number of para-hydroxylation sites is 1. The van der Waals surface area contributed by atoms with Crippen LogP contribution in [0.3, 0.4) is 0 Å². The zero-order chi connectivity index (χ0) is 13.5. The summed E-state index contributed by atoms with van der Waals surface area (Å²) in [7, 11) is 0. The summed E-state index contributed by atoms with van der Waals surface area (Å²) in [6.45, 7) is 4.09. The van der Waals surface area contributed by atoms with Gasteiger partial charge in [-0.25, -0.2) is 0 Å². The van der Waals surface area contributed by atoms with Gasteiger partial charge in [-0.2, -0.15) is 0 Å². The van der Waals surface area contributed by atoms with Crippen molar-refractivity contribution in [1.29, 1.82) is 0 Å². The van der Waals surface area contributed by atoms with Crippen LogP contribution in [0.25, 0.3) is 0 Å². The van der Waals surface area contributed by atoms with Crippen LogP contribution in [-0.4, -0.2) is 24.6 Å². The summed E-state index contributed by atoms with van der Waals surface area (Å²) >= 11 is 5.97. The van der Waals surface area contributed by atoms with Crippen molar-refractivity contribution in [3.8, 4) is 5.75 Å². The number of ether oxygens (including phenoxy) is 1. The van der Waals surface area contributed by atoms with Crippen LogP contribution in [0.1, 0.15) is 20.3 Å². The highest BCUT2D eigenvalue weighted by Gasteiger charge is 2.09. The maximum absolute atomic E-state index is 11.4. The summed E-state index contributed by atoms with van der Waals surface area (Å²) in [5, 5.41) is 3.33. The lowest BCUT2D eigenvalue weighted by Crippen LogP contribution is -2.36. The fourth-order valence-electron chi connectivity index (χ4n) is 1.42. The zero-order valence-corrected chi connectivity index (χ0v) is 12.6. The predicted octanol–water partition coefficient (Wildman–Crippen LogP) is 2.38. The van der Waals surface area contributed by atoms with Gasteiger partial charge in [0, 0.05) is 12.5 Å². The molecule has 6 heteroatoms. The Kier molecular flexibility index (Phi) is 8.56. The number of nitrogens with two attached hydrogens (primary N) is 1. The Bertz CT molecular complexity index is 400. The van der Waals surface area contributed by atoms with Crippen LogP contribution in [-0.2, 0) is 4.79 Å². The minimum atomic E-state index is -0.151. The van der Waals surface area contributed by atoms with Gasteiger partial charge in [-0.15, -0.1) is 12.4 Å². The SMILES string of the molecule is CC(N)CC(=O)NCC(C)Oc1ccccc1Cl.Cl. The molecule has 108 valence electrons. The maximum atomic E-state index is 11.4. The molecule has 19 heavy (non-hydrogen) atoms. The van der Waals surface area contributed by atoms with Gasteiger partial charge in [0.1, 0.15) is 11.9 Å². The summed E-state index contributed by atoms with van der Waals surface area (Å²) in [4.78, 5) is 11.4. The first-order valence-electron chi connectivity index (χ1n) is 5.92. The largest absolute Gasteiger partial charge is 0.487 e. The van der Waals surface area contributed by atoms with Crippen LogP contribution in [0.15, 0.2) is 24.3 Å². The summed E-state index contributed by atoms with van der Waals surface area (Å²) in [5.74, 6) is 0.549. The molecule has 0 aliphatic heterocycles. The van der Waals surface area contributed by atoms with E-state index in [9.17, 15) is 4.79 Å². The summed E-state index contributed by atoms with van der Waals surface area (Å²) in [6.07, 6.45) is 0.167. The first-order valence-corrected chi connectivity index (χ1v) is 6.30. The van der Waals surface area contributed by atoms with E-state index in [-0.39, 0.29) is 30.5 Å². The van der Waals surface area contributed by atoms with E-state index in [2.05, 4.69) is 5.32 Å². The molecule has 0 heterocycles. The second-order valence-electron chi connectivity index (χ2n) is 4.34. The molecule has 1 amide bonds. The Morgan fingerprint density at radius 1 is 1.42 bits per heavy atom. The molecule has 0 fully saturated rings. The van der Waals surface area contributed by atoms with Crippen molar-refractivity contribution in [1.82, 2.24) is 5.32 Å². The van der Waals surface area contributed by atoms with Crippen LogP contribution >= 0.6 is 24.0 Å². The van der Waals surface area contributed by atoms with E-state index in [4.69, 9.17) is 22.1 Å². The van der Waals surface area contributed by atoms with Crippen molar-refractivity contribution in [3.63, 3.8) is 0 Å². The molecule has 0 saturated heterocycles. The summed E-state index contributed by atoms with van der Waals surface area (Å²) < 4.78 is 5.62. The molecule has 3 N–H and O–H groups in total. The number of rotatable bonds is 6. The number of carbonyl (C=O) groups excluding carboxylic acids is 1. The monoisotopic (exact) mass is 306 g/mol. The summed E-state index contributed by atoms with van der Waals surface area (Å²) in [6, 6.07) is 7.11.